The van der Waals surface area contributed by atoms with Crippen LogP contribution in [0.4, 0.5) is 13.2 Å². The van der Waals surface area contributed by atoms with E-state index in [1.165, 1.54) is 0 Å². The molecule has 1 heterocycles. The van der Waals surface area contributed by atoms with Crippen LogP contribution < -0.4 is 5.32 Å². The van der Waals surface area contributed by atoms with Crippen molar-refractivity contribution in [1.29, 1.82) is 0 Å². The number of carboxylic acid groups (broad SMARTS) is 1. The van der Waals surface area contributed by atoms with Crippen LogP contribution in [0.1, 0.15) is 32.2 Å². The number of aliphatic carboxylic acids is 1. The van der Waals surface area contributed by atoms with Crippen LogP contribution in [0, 0.1) is 0 Å². The van der Waals surface area contributed by atoms with Gasteiger partial charge in [0.25, 0.3) is 0 Å². The number of aromatic nitrogens is 2. The predicted octanol–water partition coefficient (Wildman–Crippen LogP) is 1.96. The lowest BCUT2D eigenvalue weighted by molar-refractivity contribution is -0.206. The van der Waals surface area contributed by atoms with Gasteiger partial charge in [-0.05, 0) is 26.3 Å². The van der Waals surface area contributed by atoms with Crippen molar-refractivity contribution >= 4 is 5.97 Å². The molecule has 114 valence electrons. The quantitative estimate of drug-likeness (QED) is 0.841. The molecule has 2 N–H and O–H groups in total. The molecule has 0 aliphatic heterocycles. The summed E-state index contributed by atoms with van der Waals surface area (Å²) in [5, 5.41) is 15.1. The number of aryl methyl sites for hydroxylation is 2. The Kier molecular flexibility index (Phi) is 4.80. The second-order valence-electron chi connectivity index (χ2n) is 4.58. The third-order valence-electron chi connectivity index (χ3n) is 3.19. The van der Waals surface area contributed by atoms with E-state index >= 15 is 0 Å². The van der Waals surface area contributed by atoms with Crippen molar-refractivity contribution in [3.63, 3.8) is 0 Å². The van der Waals surface area contributed by atoms with E-state index in [1.54, 1.807) is 10.7 Å². The fourth-order valence-corrected chi connectivity index (χ4v) is 1.67. The van der Waals surface area contributed by atoms with E-state index in [0.29, 0.717) is 25.6 Å². The van der Waals surface area contributed by atoms with Crippen molar-refractivity contribution in [2.45, 2.75) is 52.0 Å². The van der Waals surface area contributed by atoms with Gasteiger partial charge in [0, 0.05) is 13.1 Å². The maximum absolute atomic E-state index is 12.8. The summed E-state index contributed by atoms with van der Waals surface area (Å²) in [5.41, 5.74) is -1.70. The Morgan fingerprint density at radius 2 is 2.05 bits per heavy atom. The second kappa shape index (κ2) is 5.82. The van der Waals surface area contributed by atoms with Gasteiger partial charge in [-0.25, -0.2) is 4.79 Å². The normalized spacial score (nSPS) is 15.1. The number of rotatable bonds is 6. The summed E-state index contributed by atoms with van der Waals surface area (Å²) in [6, 6.07) is 1.68. The van der Waals surface area contributed by atoms with Crippen LogP contribution in [-0.2, 0) is 24.3 Å². The minimum Gasteiger partial charge on any atom is -0.480 e. The maximum Gasteiger partial charge on any atom is 0.417 e. The monoisotopic (exact) mass is 293 g/mol. The van der Waals surface area contributed by atoms with Gasteiger partial charge in [0.05, 0.1) is 11.4 Å². The Balaban J connectivity index is 2.94. The maximum atomic E-state index is 12.8. The fraction of sp³-hybridized carbons (Fsp3) is 0.667. The highest BCUT2D eigenvalue weighted by Gasteiger charge is 2.57. The first-order valence-corrected chi connectivity index (χ1v) is 6.26. The van der Waals surface area contributed by atoms with Crippen molar-refractivity contribution in [2.24, 2.45) is 0 Å². The lowest BCUT2D eigenvalue weighted by atomic mass is 10.0. The highest BCUT2D eigenvalue weighted by molar-refractivity contribution is 5.79. The molecule has 1 atom stereocenters. The van der Waals surface area contributed by atoms with E-state index in [0.717, 1.165) is 5.69 Å². The first-order valence-electron chi connectivity index (χ1n) is 6.26. The topological polar surface area (TPSA) is 67.2 Å². The number of alkyl halides is 3. The Bertz CT molecular complexity index is 485. The van der Waals surface area contributed by atoms with E-state index < -0.39 is 17.7 Å². The first kappa shape index (κ1) is 16.5. The third-order valence-corrected chi connectivity index (χ3v) is 3.19. The Hall–Kier alpha value is -1.57. The van der Waals surface area contributed by atoms with Gasteiger partial charge in [-0.3, -0.25) is 10.00 Å². The van der Waals surface area contributed by atoms with Gasteiger partial charge in [0.15, 0.2) is 0 Å². The van der Waals surface area contributed by atoms with Gasteiger partial charge < -0.3 is 5.11 Å². The van der Waals surface area contributed by atoms with Gasteiger partial charge in [-0.15, -0.1) is 0 Å². The number of nitrogens with one attached hydrogen (secondary N) is 1. The molecule has 0 aliphatic carbocycles. The van der Waals surface area contributed by atoms with Crippen LogP contribution in [0.3, 0.4) is 0 Å². The molecule has 5 nitrogen and oxygen atoms in total. The largest absolute Gasteiger partial charge is 0.480 e. The molecule has 0 radical (unpaired) electrons. The van der Waals surface area contributed by atoms with Crippen molar-refractivity contribution in [2.75, 3.05) is 0 Å². The average Bonchev–Trinajstić information content (AvgIpc) is 2.76. The van der Waals surface area contributed by atoms with Crippen molar-refractivity contribution in [1.82, 2.24) is 15.1 Å². The molecule has 0 fully saturated rings. The molecule has 0 spiro atoms. The number of carbonyl (C=O) groups is 1. The highest BCUT2D eigenvalue weighted by Crippen LogP contribution is 2.30. The van der Waals surface area contributed by atoms with E-state index in [-0.39, 0.29) is 6.54 Å². The SMILES string of the molecule is CCc1cc(CNC(C)(C(=O)O)C(F)(F)F)n(CC)n1. The molecule has 0 aliphatic rings. The van der Waals surface area contributed by atoms with Crippen molar-refractivity contribution in [3.05, 3.63) is 17.5 Å². The summed E-state index contributed by atoms with van der Waals surface area (Å²) < 4.78 is 40.1. The molecule has 0 bridgehead atoms. The lowest BCUT2D eigenvalue weighted by Gasteiger charge is -2.28. The number of carboxylic acids is 1. The smallest absolute Gasteiger partial charge is 0.417 e. The zero-order chi connectivity index (χ0) is 15.6. The van der Waals surface area contributed by atoms with E-state index in [2.05, 4.69) is 10.4 Å². The molecule has 0 aromatic carbocycles. The summed E-state index contributed by atoms with van der Waals surface area (Å²) in [6.07, 6.45) is -4.22. The Labute approximate surface area is 114 Å². The van der Waals surface area contributed by atoms with Crippen LogP contribution >= 0.6 is 0 Å². The van der Waals surface area contributed by atoms with Gasteiger partial charge in [-0.2, -0.15) is 18.3 Å². The summed E-state index contributed by atoms with van der Waals surface area (Å²) in [4.78, 5) is 10.9. The van der Waals surface area contributed by atoms with Gasteiger partial charge in [0.2, 0.25) is 5.54 Å². The van der Waals surface area contributed by atoms with Gasteiger partial charge >= 0.3 is 12.1 Å². The van der Waals surface area contributed by atoms with Gasteiger partial charge in [-0.1, -0.05) is 6.92 Å². The minimum absolute atomic E-state index is 0.219. The zero-order valence-corrected chi connectivity index (χ0v) is 11.6. The molecule has 0 saturated carbocycles. The Morgan fingerprint density at radius 1 is 1.45 bits per heavy atom. The summed E-state index contributed by atoms with van der Waals surface area (Å²) >= 11 is 0. The average molecular weight is 293 g/mol. The third kappa shape index (κ3) is 3.12. The van der Waals surface area contributed by atoms with Crippen molar-refractivity contribution < 1.29 is 23.1 Å². The first-order chi connectivity index (χ1) is 9.15. The standard InChI is InChI=1S/C12H18F3N3O2/c1-4-8-6-9(18(5-2)17-8)7-16-11(3,10(19)20)12(13,14)15/h6,16H,4-5,7H2,1-3H3,(H,19,20). The fourth-order valence-electron chi connectivity index (χ4n) is 1.67. The van der Waals surface area contributed by atoms with Crippen LogP contribution in [0.15, 0.2) is 6.07 Å². The molecule has 1 aromatic heterocycles. The van der Waals surface area contributed by atoms with E-state index in [9.17, 15) is 18.0 Å². The minimum atomic E-state index is -4.89. The van der Waals surface area contributed by atoms with Gasteiger partial charge in [0.1, 0.15) is 0 Å². The zero-order valence-electron chi connectivity index (χ0n) is 11.6. The molecule has 1 rings (SSSR count). The van der Waals surface area contributed by atoms with Crippen molar-refractivity contribution in [3.8, 4) is 0 Å². The lowest BCUT2D eigenvalue weighted by Crippen LogP contribution is -2.59. The summed E-state index contributed by atoms with van der Waals surface area (Å²) in [6.45, 7) is 4.60. The highest BCUT2D eigenvalue weighted by atomic mass is 19.4. The summed E-state index contributed by atoms with van der Waals surface area (Å²) in [5.74, 6) is -1.96. The molecular formula is C12H18F3N3O2. The number of halogens is 3. The molecule has 1 unspecified atom stereocenters. The number of hydrogen-bond donors (Lipinski definition) is 2. The molecule has 20 heavy (non-hydrogen) atoms. The van der Waals surface area contributed by atoms with Crippen LogP contribution in [0.25, 0.3) is 0 Å². The predicted molar refractivity (Wildman–Crippen MR) is 66.2 cm³/mol. The summed E-state index contributed by atoms with van der Waals surface area (Å²) in [7, 11) is 0. The van der Waals surface area contributed by atoms with Crippen LogP contribution in [0.5, 0.6) is 0 Å². The molecule has 0 saturated heterocycles. The van der Waals surface area contributed by atoms with Crippen LogP contribution in [0.2, 0.25) is 0 Å². The molecular weight excluding hydrogens is 275 g/mol. The van der Waals surface area contributed by atoms with E-state index in [4.69, 9.17) is 5.11 Å². The molecule has 8 heteroatoms. The molecule has 1 aromatic rings. The number of nitrogens with zero attached hydrogens (tertiary/aromatic N) is 2. The molecule has 0 amide bonds. The van der Waals surface area contributed by atoms with Crippen LogP contribution in [-0.4, -0.2) is 32.6 Å². The Morgan fingerprint density at radius 3 is 2.45 bits per heavy atom. The number of hydrogen-bond acceptors (Lipinski definition) is 3. The van der Waals surface area contributed by atoms with E-state index in [1.807, 2.05) is 13.8 Å². The second-order valence-corrected chi connectivity index (χ2v) is 4.58.